The number of ether oxygens (including phenoxy) is 1. The van der Waals surface area contributed by atoms with E-state index in [-0.39, 0.29) is 18.0 Å². The van der Waals surface area contributed by atoms with Crippen LogP contribution < -0.4 is 10.7 Å². The van der Waals surface area contributed by atoms with Crippen LogP contribution in [-0.2, 0) is 9.53 Å². The van der Waals surface area contributed by atoms with Gasteiger partial charge < -0.3 is 10.1 Å². The Labute approximate surface area is 146 Å². The zero-order valence-corrected chi connectivity index (χ0v) is 14.4. The molecule has 2 rings (SSSR count). The van der Waals surface area contributed by atoms with Crippen molar-refractivity contribution < 1.29 is 14.3 Å². The Morgan fingerprint density at radius 3 is 2.84 bits per heavy atom. The second kappa shape index (κ2) is 10.5. The fourth-order valence-corrected chi connectivity index (χ4v) is 2.31. The monoisotopic (exact) mass is 348 g/mol. The predicted molar refractivity (Wildman–Crippen MR) is 92.1 cm³/mol. The van der Waals surface area contributed by atoms with Crippen LogP contribution in [0.15, 0.2) is 23.7 Å². The molecule has 136 valence electrons. The van der Waals surface area contributed by atoms with Crippen LogP contribution in [0.5, 0.6) is 0 Å². The summed E-state index contributed by atoms with van der Waals surface area (Å²) < 4.78 is 5.29. The third kappa shape index (κ3) is 7.36. The Morgan fingerprint density at radius 2 is 2.12 bits per heavy atom. The van der Waals surface area contributed by atoms with Crippen molar-refractivity contribution in [1.29, 1.82) is 0 Å². The van der Waals surface area contributed by atoms with Crippen molar-refractivity contribution in [3.8, 4) is 0 Å². The number of morpholine rings is 1. The molecule has 0 unspecified atom stereocenters. The second-order valence-electron chi connectivity index (χ2n) is 5.71. The van der Waals surface area contributed by atoms with E-state index in [1.54, 1.807) is 6.92 Å². The highest BCUT2D eigenvalue weighted by Crippen LogP contribution is 1.97. The summed E-state index contributed by atoms with van der Waals surface area (Å²) in [5.41, 5.74) is 3.05. The van der Waals surface area contributed by atoms with E-state index >= 15 is 0 Å². The van der Waals surface area contributed by atoms with Crippen molar-refractivity contribution in [3.05, 3.63) is 24.3 Å². The Bertz CT molecular complexity index is 587. The first-order chi connectivity index (χ1) is 12.1. The Morgan fingerprint density at radius 1 is 1.32 bits per heavy atom. The molecule has 0 bridgehead atoms. The Hall–Kier alpha value is -2.39. The molecule has 0 aromatic carbocycles. The number of rotatable bonds is 8. The van der Waals surface area contributed by atoms with Gasteiger partial charge in [0, 0.05) is 37.7 Å². The maximum Gasteiger partial charge on any atom is 0.291 e. The molecule has 0 saturated carbocycles. The fourth-order valence-electron chi connectivity index (χ4n) is 2.31. The van der Waals surface area contributed by atoms with E-state index in [0.29, 0.717) is 12.3 Å². The standard InChI is InChI=1S/C16H24N6O3/c1-13(20-21-16(24)14-12-17-4-5-18-14)11-15(23)19-3-2-6-22-7-9-25-10-8-22/h4-5,12H,2-3,6-11H2,1H3,(H,19,23)(H,21,24)/b20-13+. The van der Waals surface area contributed by atoms with Gasteiger partial charge in [-0.15, -0.1) is 0 Å². The van der Waals surface area contributed by atoms with Crippen LogP contribution >= 0.6 is 0 Å². The SMILES string of the molecule is C/C(CC(=O)NCCCN1CCOCC1)=N\NC(=O)c1cnccn1. The lowest BCUT2D eigenvalue weighted by Crippen LogP contribution is -2.38. The van der Waals surface area contributed by atoms with Crippen LogP contribution in [0.2, 0.25) is 0 Å². The fraction of sp³-hybridized carbons (Fsp3) is 0.562. The van der Waals surface area contributed by atoms with E-state index in [9.17, 15) is 9.59 Å². The summed E-state index contributed by atoms with van der Waals surface area (Å²) in [5.74, 6) is -0.574. The summed E-state index contributed by atoms with van der Waals surface area (Å²) in [4.78, 5) is 33.6. The maximum atomic E-state index is 11.9. The molecule has 1 aliphatic rings. The number of carbonyl (C=O) groups excluding carboxylic acids is 2. The van der Waals surface area contributed by atoms with Gasteiger partial charge in [0.2, 0.25) is 5.91 Å². The van der Waals surface area contributed by atoms with Gasteiger partial charge >= 0.3 is 0 Å². The van der Waals surface area contributed by atoms with Crippen LogP contribution in [-0.4, -0.2) is 71.8 Å². The van der Waals surface area contributed by atoms with Crippen LogP contribution in [0, 0.1) is 0 Å². The van der Waals surface area contributed by atoms with Crippen LogP contribution in [0.25, 0.3) is 0 Å². The molecule has 0 radical (unpaired) electrons. The van der Waals surface area contributed by atoms with Gasteiger partial charge in [-0.2, -0.15) is 5.10 Å². The van der Waals surface area contributed by atoms with Crippen molar-refractivity contribution in [2.75, 3.05) is 39.4 Å². The lowest BCUT2D eigenvalue weighted by Gasteiger charge is -2.26. The molecule has 1 aliphatic heterocycles. The van der Waals surface area contributed by atoms with Gasteiger partial charge in [0.05, 0.1) is 25.8 Å². The van der Waals surface area contributed by atoms with Crippen LogP contribution in [0.3, 0.4) is 0 Å². The summed E-state index contributed by atoms with van der Waals surface area (Å²) in [6.07, 6.45) is 5.29. The summed E-state index contributed by atoms with van der Waals surface area (Å²) in [6, 6.07) is 0. The Kier molecular flexibility index (Phi) is 7.93. The summed E-state index contributed by atoms with van der Waals surface area (Å²) in [6.45, 7) is 6.71. The molecule has 1 aromatic heterocycles. The third-order valence-corrected chi connectivity index (χ3v) is 3.64. The molecule has 1 aromatic rings. The molecular weight excluding hydrogens is 324 g/mol. The van der Waals surface area contributed by atoms with Gasteiger partial charge in [0.25, 0.3) is 5.91 Å². The minimum Gasteiger partial charge on any atom is -0.379 e. The van der Waals surface area contributed by atoms with Gasteiger partial charge in [0.1, 0.15) is 5.69 Å². The first-order valence-corrected chi connectivity index (χ1v) is 8.31. The summed E-state index contributed by atoms with van der Waals surface area (Å²) in [7, 11) is 0. The van der Waals surface area contributed by atoms with Gasteiger partial charge in [-0.3, -0.25) is 19.5 Å². The van der Waals surface area contributed by atoms with Gasteiger partial charge in [-0.1, -0.05) is 0 Å². The number of hydrazone groups is 1. The van der Waals surface area contributed by atoms with Gasteiger partial charge in [-0.25, -0.2) is 10.4 Å². The van der Waals surface area contributed by atoms with Gasteiger partial charge in [-0.05, 0) is 19.9 Å². The van der Waals surface area contributed by atoms with E-state index in [4.69, 9.17) is 4.74 Å². The number of aromatic nitrogens is 2. The van der Waals surface area contributed by atoms with Gasteiger partial charge in [0.15, 0.2) is 0 Å². The van der Waals surface area contributed by atoms with E-state index in [2.05, 4.69) is 30.7 Å². The maximum absolute atomic E-state index is 11.9. The lowest BCUT2D eigenvalue weighted by atomic mass is 10.3. The highest BCUT2D eigenvalue weighted by molar-refractivity contribution is 6.00. The molecule has 1 saturated heterocycles. The predicted octanol–water partition coefficient (Wildman–Crippen LogP) is -0.189. The number of hydrogen-bond acceptors (Lipinski definition) is 7. The largest absolute Gasteiger partial charge is 0.379 e. The van der Waals surface area contributed by atoms with Crippen molar-refractivity contribution in [2.45, 2.75) is 19.8 Å². The first kappa shape index (κ1) is 18.9. The lowest BCUT2D eigenvalue weighted by molar-refractivity contribution is -0.119. The van der Waals surface area contributed by atoms with Crippen molar-refractivity contribution >= 4 is 17.5 Å². The molecule has 0 aliphatic carbocycles. The minimum atomic E-state index is -0.460. The zero-order valence-electron chi connectivity index (χ0n) is 14.4. The normalized spacial score (nSPS) is 15.6. The van der Waals surface area contributed by atoms with Crippen LogP contribution in [0.4, 0.5) is 0 Å². The van der Waals surface area contributed by atoms with Crippen LogP contribution in [0.1, 0.15) is 30.3 Å². The zero-order chi connectivity index (χ0) is 17.9. The highest BCUT2D eigenvalue weighted by Gasteiger charge is 2.10. The summed E-state index contributed by atoms with van der Waals surface area (Å²) in [5, 5.41) is 6.77. The first-order valence-electron chi connectivity index (χ1n) is 8.31. The number of amides is 2. The molecular formula is C16H24N6O3. The summed E-state index contributed by atoms with van der Waals surface area (Å²) >= 11 is 0. The van der Waals surface area contributed by atoms with E-state index in [1.807, 2.05) is 0 Å². The highest BCUT2D eigenvalue weighted by atomic mass is 16.5. The average molecular weight is 348 g/mol. The topological polar surface area (TPSA) is 109 Å². The number of nitrogens with one attached hydrogen (secondary N) is 2. The molecule has 2 N–H and O–H groups in total. The molecule has 25 heavy (non-hydrogen) atoms. The molecule has 9 heteroatoms. The van der Waals surface area contributed by atoms with Crippen molar-refractivity contribution in [3.63, 3.8) is 0 Å². The average Bonchev–Trinajstić information content (AvgIpc) is 2.65. The van der Waals surface area contributed by atoms with Crippen molar-refractivity contribution in [2.24, 2.45) is 5.10 Å². The van der Waals surface area contributed by atoms with E-state index in [0.717, 1.165) is 39.3 Å². The third-order valence-electron chi connectivity index (χ3n) is 3.64. The second-order valence-corrected chi connectivity index (χ2v) is 5.71. The number of hydrogen-bond donors (Lipinski definition) is 2. The van der Waals surface area contributed by atoms with E-state index in [1.165, 1.54) is 18.6 Å². The minimum absolute atomic E-state index is 0.114. The smallest absolute Gasteiger partial charge is 0.291 e. The quantitative estimate of drug-likeness (QED) is 0.383. The number of nitrogens with zero attached hydrogens (tertiary/aromatic N) is 4. The molecule has 1 fully saturated rings. The van der Waals surface area contributed by atoms with E-state index < -0.39 is 5.91 Å². The molecule has 2 amide bonds. The molecule has 0 spiro atoms. The van der Waals surface area contributed by atoms with Crippen molar-refractivity contribution in [1.82, 2.24) is 25.6 Å². The molecule has 2 heterocycles. The number of carbonyl (C=O) groups is 2. The molecule has 9 nitrogen and oxygen atoms in total. The Balaban J connectivity index is 1.61. The molecule has 0 atom stereocenters.